The fourth-order valence-corrected chi connectivity index (χ4v) is 4.26. The van der Waals surface area contributed by atoms with Crippen LogP contribution in [0, 0.1) is 0 Å². The average molecular weight is 419 g/mol. The lowest BCUT2D eigenvalue weighted by atomic mass is 9.97. The zero-order valence-corrected chi connectivity index (χ0v) is 20.5. The number of benzene rings is 1. The lowest BCUT2D eigenvalue weighted by molar-refractivity contribution is 0.208. The van der Waals surface area contributed by atoms with Gasteiger partial charge in [-0.2, -0.15) is 0 Å². The van der Waals surface area contributed by atoms with E-state index in [2.05, 4.69) is 53.6 Å². The van der Waals surface area contributed by atoms with Gasteiger partial charge in [0.25, 0.3) is 0 Å². The highest BCUT2D eigenvalue weighted by Crippen LogP contribution is 2.43. The first-order valence-corrected chi connectivity index (χ1v) is 12.8. The second kappa shape index (κ2) is 10.2. The Bertz CT molecular complexity index is 744. The van der Waals surface area contributed by atoms with E-state index in [0.717, 1.165) is 29.5 Å². The van der Waals surface area contributed by atoms with Gasteiger partial charge in [0.15, 0.2) is 19.8 Å². The maximum Gasteiger partial charge on any atom is 0.203 e. The first kappa shape index (κ1) is 25.1. The van der Waals surface area contributed by atoms with Crippen molar-refractivity contribution in [3.63, 3.8) is 0 Å². The molecule has 1 atom stereocenters. The zero-order valence-electron chi connectivity index (χ0n) is 19.5. The highest BCUT2D eigenvalue weighted by Gasteiger charge is 2.39. The van der Waals surface area contributed by atoms with Crippen LogP contribution in [0.15, 0.2) is 37.5 Å². The second-order valence-electron chi connectivity index (χ2n) is 8.61. The van der Waals surface area contributed by atoms with E-state index in [1.807, 2.05) is 6.07 Å². The third kappa shape index (κ3) is 5.77. The molecule has 0 aliphatic heterocycles. The van der Waals surface area contributed by atoms with Crippen LogP contribution in [-0.2, 0) is 10.8 Å². The molecular weight excluding hydrogens is 380 g/mol. The highest BCUT2D eigenvalue weighted by molar-refractivity contribution is 6.74. The molecule has 0 spiro atoms. The summed E-state index contributed by atoms with van der Waals surface area (Å²) < 4.78 is 23.3. The molecule has 0 amide bonds. The van der Waals surface area contributed by atoms with Crippen molar-refractivity contribution in [3.05, 3.63) is 48.6 Å². The third-order valence-electron chi connectivity index (χ3n) is 5.75. The molecule has 0 saturated heterocycles. The van der Waals surface area contributed by atoms with Gasteiger partial charge in [-0.1, -0.05) is 52.7 Å². The van der Waals surface area contributed by atoms with E-state index >= 15 is 0 Å². The van der Waals surface area contributed by atoms with Crippen molar-refractivity contribution >= 4 is 14.4 Å². The lowest BCUT2D eigenvalue weighted by Gasteiger charge is -2.39. The Balaban J connectivity index is 3.28. The van der Waals surface area contributed by atoms with Gasteiger partial charge in [-0.25, -0.2) is 0 Å². The molecule has 1 unspecified atom stereocenters. The van der Waals surface area contributed by atoms with Crippen LogP contribution in [0.25, 0.3) is 6.08 Å². The molecule has 162 valence electrons. The number of hydrogen-bond donors (Lipinski definition) is 0. The van der Waals surface area contributed by atoms with Crippen LogP contribution >= 0.6 is 0 Å². The van der Waals surface area contributed by atoms with Crippen LogP contribution in [0.1, 0.15) is 38.3 Å². The quantitative estimate of drug-likeness (QED) is 0.307. The Morgan fingerprint density at radius 2 is 1.66 bits per heavy atom. The van der Waals surface area contributed by atoms with Gasteiger partial charge in [-0.05, 0) is 48.2 Å². The molecule has 0 radical (unpaired) electrons. The van der Waals surface area contributed by atoms with E-state index in [1.165, 1.54) is 0 Å². The predicted molar refractivity (Wildman–Crippen MR) is 126 cm³/mol. The summed E-state index contributed by atoms with van der Waals surface area (Å²) in [6.07, 6.45) is 5.02. The Morgan fingerprint density at radius 1 is 1.07 bits per heavy atom. The molecule has 1 aromatic rings. The van der Waals surface area contributed by atoms with Crippen molar-refractivity contribution in [2.24, 2.45) is 0 Å². The molecule has 0 saturated carbocycles. The molecule has 0 fully saturated rings. The molecular formula is C24H38O4Si. The van der Waals surface area contributed by atoms with Gasteiger partial charge in [0.1, 0.15) is 0 Å². The number of ether oxygens (including phenoxy) is 3. The number of methoxy groups -OCH3 is 3. The second-order valence-corrected chi connectivity index (χ2v) is 13.4. The summed E-state index contributed by atoms with van der Waals surface area (Å²) in [7, 11) is 2.89. The molecule has 29 heavy (non-hydrogen) atoms. The van der Waals surface area contributed by atoms with Gasteiger partial charge in [0, 0.05) is 5.56 Å². The molecule has 1 aromatic carbocycles. The summed E-state index contributed by atoms with van der Waals surface area (Å²) >= 11 is 0. The first-order valence-electron chi connectivity index (χ1n) is 9.90. The summed E-state index contributed by atoms with van der Waals surface area (Å²) in [5.41, 5.74) is 2.87. The number of rotatable bonds is 11. The molecule has 0 bridgehead atoms. The largest absolute Gasteiger partial charge is 0.493 e. The van der Waals surface area contributed by atoms with Crippen LogP contribution in [0.3, 0.4) is 0 Å². The normalized spacial score (nSPS) is 12.8. The summed E-state index contributed by atoms with van der Waals surface area (Å²) in [5.74, 6) is 1.83. The Hall–Kier alpha value is -1.98. The Morgan fingerprint density at radius 3 is 2.07 bits per heavy atom. The summed E-state index contributed by atoms with van der Waals surface area (Å²) in [5, 5.41) is 0.117. The maximum absolute atomic E-state index is 6.66. The number of hydrogen-bond acceptors (Lipinski definition) is 4. The maximum atomic E-state index is 6.66. The average Bonchev–Trinajstić information content (AvgIpc) is 2.67. The van der Waals surface area contributed by atoms with Crippen molar-refractivity contribution in [3.8, 4) is 17.2 Å². The summed E-state index contributed by atoms with van der Waals surface area (Å²) in [4.78, 5) is 0. The van der Waals surface area contributed by atoms with E-state index in [1.54, 1.807) is 33.5 Å². The van der Waals surface area contributed by atoms with Crippen LogP contribution in [0.5, 0.6) is 17.2 Å². The standard InChI is InChI=1S/C24H38O4Si/c1-12-17(3)20(28-29(10,11)24(4,5)6)15-14-18-16-21(25-7)23(27-9)22(26-8)19(18)13-2/h12-13,16,20H,1-3,14-15H2,4-11H3. The van der Waals surface area contributed by atoms with Crippen molar-refractivity contribution in [2.75, 3.05) is 21.3 Å². The Labute approximate surface area is 178 Å². The van der Waals surface area contributed by atoms with E-state index < -0.39 is 8.32 Å². The van der Waals surface area contributed by atoms with E-state index in [4.69, 9.17) is 18.6 Å². The Kier molecular flexibility index (Phi) is 8.78. The van der Waals surface area contributed by atoms with Gasteiger partial charge in [-0.15, -0.1) is 0 Å². The molecule has 0 aromatic heterocycles. The van der Waals surface area contributed by atoms with Gasteiger partial charge in [0.2, 0.25) is 5.75 Å². The molecule has 1 rings (SSSR count). The SMILES string of the molecule is C=CC(=C)C(CCc1cc(OC)c(OC)c(OC)c1C=C)O[Si](C)(C)C(C)(C)C. The van der Waals surface area contributed by atoms with E-state index in [9.17, 15) is 0 Å². The van der Waals surface area contributed by atoms with Crippen LogP contribution < -0.4 is 14.2 Å². The molecule has 0 heterocycles. The van der Waals surface area contributed by atoms with E-state index in [-0.39, 0.29) is 11.1 Å². The minimum Gasteiger partial charge on any atom is -0.493 e. The minimum atomic E-state index is -1.96. The topological polar surface area (TPSA) is 36.9 Å². The fraction of sp³-hybridized carbons (Fsp3) is 0.500. The molecule has 0 aliphatic carbocycles. The third-order valence-corrected chi connectivity index (χ3v) is 10.2. The van der Waals surface area contributed by atoms with Crippen LogP contribution in [0.4, 0.5) is 0 Å². The van der Waals surface area contributed by atoms with Crippen molar-refractivity contribution in [1.29, 1.82) is 0 Å². The van der Waals surface area contributed by atoms with Gasteiger partial charge < -0.3 is 18.6 Å². The highest BCUT2D eigenvalue weighted by atomic mass is 28.4. The van der Waals surface area contributed by atoms with E-state index in [0.29, 0.717) is 17.2 Å². The van der Waals surface area contributed by atoms with Crippen molar-refractivity contribution in [1.82, 2.24) is 0 Å². The van der Waals surface area contributed by atoms with Crippen LogP contribution in [-0.4, -0.2) is 35.8 Å². The number of aryl methyl sites for hydroxylation is 1. The minimum absolute atomic E-state index is 0.0925. The molecule has 5 heteroatoms. The van der Waals surface area contributed by atoms with Crippen molar-refractivity contribution < 1.29 is 18.6 Å². The first-order chi connectivity index (χ1) is 13.5. The molecule has 0 N–H and O–H groups in total. The van der Waals surface area contributed by atoms with Crippen molar-refractivity contribution in [2.45, 2.75) is 57.8 Å². The van der Waals surface area contributed by atoms with Gasteiger partial charge in [0.05, 0.1) is 27.4 Å². The zero-order chi connectivity index (χ0) is 22.4. The summed E-state index contributed by atoms with van der Waals surface area (Å²) in [6, 6.07) is 1.98. The predicted octanol–water partition coefficient (Wildman–Crippen LogP) is 6.42. The molecule has 0 aliphatic rings. The van der Waals surface area contributed by atoms with Gasteiger partial charge in [-0.3, -0.25) is 0 Å². The monoisotopic (exact) mass is 418 g/mol. The molecule has 4 nitrogen and oxygen atoms in total. The lowest BCUT2D eigenvalue weighted by Crippen LogP contribution is -2.44. The summed E-state index contributed by atoms with van der Waals surface area (Å²) in [6.45, 7) is 23.3. The van der Waals surface area contributed by atoms with Crippen LogP contribution in [0.2, 0.25) is 18.1 Å². The van der Waals surface area contributed by atoms with Gasteiger partial charge >= 0.3 is 0 Å². The fourth-order valence-electron chi connectivity index (χ4n) is 2.93. The smallest absolute Gasteiger partial charge is 0.203 e.